The molecule has 1 unspecified atom stereocenters. The Hall–Kier alpha value is 0.190. The van der Waals surface area contributed by atoms with Crippen molar-refractivity contribution in [2.75, 3.05) is 58.6 Å². The average Bonchev–Trinajstić information content (AvgIpc) is 2.50. The van der Waals surface area contributed by atoms with Gasteiger partial charge < -0.3 is 18.9 Å². The highest BCUT2D eigenvalue weighted by Crippen LogP contribution is 2.08. The first-order valence-corrected chi connectivity index (χ1v) is 8.90. The SMILES string of the molecule is CCCCOCCOCCOCCOCC(CS)CCC. The lowest BCUT2D eigenvalue weighted by Crippen LogP contribution is -2.15. The zero-order valence-corrected chi connectivity index (χ0v) is 14.7. The van der Waals surface area contributed by atoms with Crippen LogP contribution in [0.5, 0.6) is 0 Å². The molecule has 0 aromatic heterocycles. The minimum Gasteiger partial charge on any atom is -0.379 e. The summed E-state index contributed by atoms with van der Waals surface area (Å²) >= 11 is 4.33. The predicted molar refractivity (Wildman–Crippen MR) is 90.4 cm³/mol. The summed E-state index contributed by atoms with van der Waals surface area (Å²) in [5, 5.41) is 0. The van der Waals surface area contributed by atoms with E-state index >= 15 is 0 Å². The monoisotopic (exact) mass is 322 g/mol. The van der Waals surface area contributed by atoms with Crippen LogP contribution in [0.1, 0.15) is 39.5 Å². The predicted octanol–water partition coefficient (Wildman–Crippen LogP) is 3.20. The highest BCUT2D eigenvalue weighted by molar-refractivity contribution is 7.80. The van der Waals surface area contributed by atoms with E-state index in [1.165, 1.54) is 19.3 Å². The Labute approximate surface area is 136 Å². The van der Waals surface area contributed by atoms with Crippen molar-refractivity contribution in [3.8, 4) is 0 Å². The molecule has 0 fully saturated rings. The Balaban J connectivity index is 3.08. The number of unbranched alkanes of at least 4 members (excludes halogenated alkanes) is 1. The van der Waals surface area contributed by atoms with Crippen LogP contribution in [0.15, 0.2) is 0 Å². The van der Waals surface area contributed by atoms with Crippen LogP contribution in [0.3, 0.4) is 0 Å². The standard InChI is InChI=1S/C16H34O4S/c1-3-5-7-17-8-9-18-10-11-19-12-13-20-14-16(15-21)6-4-2/h16,21H,3-15H2,1-2H3. The molecule has 1 atom stereocenters. The molecule has 0 amide bonds. The maximum absolute atomic E-state index is 5.59. The van der Waals surface area contributed by atoms with Gasteiger partial charge >= 0.3 is 0 Å². The van der Waals surface area contributed by atoms with Crippen molar-refractivity contribution in [3.63, 3.8) is 0 Å². The minimum atomic E-state index is 0.564. The molecule has 0 aliphatic heterocycles. The maximum atomic E-state index is 5.59. The number of hydrogen-bond acceptors (Lipinski definition) is 5. The average molecular weight is 323 g/mol. The van der Waals surface area contributed by atoms with Gasteiger partial charge in [-0.25, -0.2) is 0 Å². The second-order valence-electron chi connectivity index (χ2n) is 5.10. The smallest absolute Gasteiger partial charge is 0.0701 e. The van der Waals surface area contributed by atoms with E-state index in [1.807, 2.05) is 0 Å². The molecule has 0 aromatic carbocycles. The van der Waals surface area contributed by atoms with Crippen LogP contribution in [0.2, 0.25) is 0 Å². The molecule has 0 N–H and O–H groups in total. The summed E-state index contributed by atoms with van der Waals surface area (Å²) in [4.78, 5) is 0. The topological polar surface area (TPSA) is 36.9 Å². The molecule has 0 rings (SSSR count). The molecule has 0 radical (unpaired) electrons. The number of ether oxygens (including phenoxy) is 4. The van der Waals surface area contributed by atoms with Gasteiger partial charge in [0.05, 0.1) is 46.2 Å². The van der Waals surface area contributed by atoms with Crippen LogP contribution >= 0.6 is 12.6 Å². The molecule has 0 saturated carbocycles. The maximum Gasteiger partial charge on any atom is 0.0701 e. The molecule has 0 bridgehead atoms. The third-order valence-electron chi connectivity index (χ3n) is 3.07. The largest absolute Gasteiger partial charge is 0.379 e. The van der Waals surface area contributed by atoms with Gasteiger partial charge in [-0.1, -0.05) is 26.7 Å². The third-order valence-corrected chi connectivity index (χ3v) is 3.58. The third kappa shape index (κ3) is 16.4. The van der Waals surface area contributed by atoms with Crippen molar-refractivity contribution < 1.29 is 18.9 Å². The number of thiol groups is 1. The minimum absolute atomic E-state index is 0.564. The summed E-state index contributed by atoms with van der Waals surface area (Å²) < 4.78 is 21.8. The zero-order chi connectivity index (χ0) is 15.6. The summed E-state index contributed by atoms with van der Waals surface area (Å²) in [6, 6.07) is 0. The second-order valence-corrected chi connectivity index (χ2v) is 5.47. The molecular weight excluding hydrogens is 288 g/mol. The first kappa shape index (κ1) is 21.2. The quantitative estimate of drug-likeness (QED) is 0.330. The number of rotatable bonds is 17. The molecule has 21 heavy (non-hydrogen) atoms. The summed E-state index contributed by atoms with van der Waals surface area (Å²) in [5.41, 5.74) is 0. The van der Waals surface area contributed by atoms with Gasteiger partial charge in [0.2, 0.25) is 0 Å². The molecule has 4 nitrogen and oxygen atoms in total. The van der Waals surface area contributed by atoms with Crippen LogP contribution in [0.4, 0.5) is 0 Å². The lowest BCUT2D eigenvalue weighted by molar-refractivity contribution is -0.00553. The Kier molecular flexibility index (Phi) is 18.4. The molecule has 0 aliphatic rings. The van der Waals surface area contributed by atoms with Crippen molar-refractivity contribution in [2.45, 2.75) is 39.5 Å². The Morgan fingerprint density at radius 1 is 0.714 bits per heavy atom. The highest BCUT2D eigenvalue weighted by Gasteiger charge is 2.04. The van der Waals surface area contributed by atoms with Crippen LogP contribution < -0.4 is 0 Å². The highest BCUT2D eigenvalue weighted by atomic mass is 32.1. The lowest BCUT2D eigenvalue weighted by atomic mass is 10.1. The van der Waals surface area contributed by atoms with Gasteiger partial charge in [0.15, 0.2) is 0 Å². The van der Waals surface area contributed by atoms with E-state index < -0.39 is 0 Å². The van der Waals surface area contributed by atoms with Crippen LogP contribution in [-0.4, -0.2) is 58.6 Å². The Morgan fingerprint density at radius 3 is 1.71 bits per heavy atom. The van der Waals surface area contributed by atoms with E-state index in [0.717, 1.165) is 25.4 Å². The van der Waals surface area contributed by atoms with E-state index in [1.54, 1.807) is 0 Å². The van der Waals surface area contributed by atoms with E-state index in [9.17, 15) is 0 Å². The normalized spacial score (nSPS) is 12.7. The van der Waals surface area contributed by atoms with Crippen LogP contribution in [0.25, 0.3) is 0 Å². The molecule has 128 valence electrons. The van der Waals surface area contributed by atoms with Gasteiger partial charge in [-0.3, -0.25) is 0 Å². The van der Waals surface area contributed by atoms with Crippen molar-refractivity contribution in [1.29, 1.82) is 0 Å². The first-order chi connectivity index (χ1) is 10.3. The van der Waals surface area contributed by atoms with Gasteiger partial charge in [-0.05, 0) is 24.5 Å². The molecule has 0 aliphatic carbocycles. The van der Waals surface area contributed by atoms with Crippen molar-refractivity contribution in [1.82, 2.24) is 0 Å². The summed E-state index contributed by atoms with van der Waals surface area (Å²) in [5.74, 6) is 1.46. The van der Waals surface area contributed by atoms with Crippen molar-refractivity contribution in [3.05, 3.63) is 0 Å². The molecule has 0 heterocycles. The molecule has 0 spiro atoms. The van der Waals surface area contributed by atoms with Gasteiger partial charge in [0, 0.05) is 6.61 Å². The molecule has 5 heteroatoms. The number of hydrogen-bond donors (Lipinski definition) is 1. The zero-order valence-electron chi connectivity index (χ0n) is 13.8. The fraction of sp³-hybridized carbons (Fsp3) is 1.00. The Morgan fingerprint density at radius 2 is 1.24 bits per heavy atom. The van der Waals surface area contributed by atoms with Gasteiger partial charge in [-0.2, -0.15) is 12.6 Å². The lowest BCUT2D eigenvalue weighted by Gasteiger charge is -2.13. The summed E-state index contributed by atoms with van der Waals surface area (Å²) in [6.45, 7) is 9.78. The summed E-state index contributed by atoms with van der Waals surface area (Å²) in [7, 11) is 0. The first-order valence-electron chi connectivity index (χ1n) is 8.26. The van der Waals surface area contributed by atoms with Gasteiger partial charge in [0.1, 0.15) is 0 Å². The van der Waals surface area contributed by atoms with Gasteiger partial charge in [0.25, 0.3) is 0 Å². The molecule has 0 saturated heterocycles. The fourth-order valence-electron chi connectivity index (χ4n) is 1.79. The van der Waals surface area contributed by atoms with Crippen LogP contribution in [0, 0.1) is 5.92 Å². The van der Waals surface area contributed by atoms with Crippen LogP contribution in [-0.2, 0) is 18.9 Å². The van der Waals surface area contributed by atoms with Crippen molar-refractivity contribution in [2.24, 2.45) is 5.92 Å². The Bertz CT molecular complexity index is 193. The second kappa shape index (κ2) is 18.2. The van der Waals surface area contributed by atoms with E-state index in [2.05, 4.69) is 26.5 Å². The van der Waals surface area contributed by atoms with E-state index in [-0.39, 0.29) is 0 Å². The van der Waals surface area contributed by atoms with Gasteiger partial charge in [-0.15, -0.1) is 0 Å². The fourth-order valence-corrected chi connectivity index (χ4v) is 2.08. The van der Waals surface area contributed by atoms with E-state index in [4.69, 9.17) is 18.9 Å². The molecule has 0 aromatic rings. The summed E-state index contributed by atoms with van der Waals surface area (Å²) in [6.07, 6.45) is 4.66. The molecular formula is C16H34O4S. The van der Waals surface area contributed by atoms with E-state index in [0.29, 0.717) is 45.6 Å². The van der Waals surface area contributed by atoms with Crippen molar-refractivity contribution >= 4 is 12.6 Å².